The minimum Gasteiger partial charge on any atom is -0.471 e. The molecule has 1 amide bonds. The zero-order valence-electron chi connectivity index (χ0n) is 21.0. The molecular weight excluding hydrogens is 487 g/mol. The second-order valence-corrected chi connectivity index (χ2v) is 10.3. The van der Waals surface area contributed by atoms with Crippen LogP contribution in [0.2, 0.25) is 0 Å². The number of amides is 1. The van der Waals surface area contributed by atoms with E-state index in [1.165, 1.54) is 19.2 Å². The fraction of sp³-hybridized carbons (Fsp3) is 0.556. The minimum absolute atomic E-state index is 0.0595. The van der Waals surface area contributed by atoms with Gasteiger partial charge in [-0.05, 0) is 37.3 Å². The van der Waals surface area contributed by atoms with Crippen molar-refractivity contribution in [3.05, 3.63) is 59.3 Å². The number of halogens is 3. The minimum atomic E-state index is -4.55. The highest BCUT2D eigenvalue weighted by Gasteiger charge is 2.47. The van der Waals surface area contributed by atoms with E-state index in [2.05, 4.69) is 15.6 Å². The number of alkyl halides is 3. The van der Waals surface area contributed by atoms with Crippen LogP contribution < -0.4 is 15.4 Å². The van der Waals surface area contributed by atoms with Crippen molar-refractivity contribution in [3.63, 3.8) is 0 Å². The molecule has 2 heterocycles. The van der Waals surface area contributed by atoms with E-state index >= 15 is 0 Å². The molecule has 10 heteroatoms. The Hall–Kier alpha value is -2.69. The number of aliphatic hydroxyl groups is 2. The Bertz CT molecular complexity index is 1080. The quantitative estimate of drug-likeness (QED) is 0.401. The summed E-state index contributed by atoms with van der Waals surface area (Å²) in [6.07, 6.45) is -2.33. The Labute approximate surface area is 214 Å². The van der Waals surface area contributed by atoms with Gasteiger partial charge in [-0.3, -0.25) is 4.79 Å². The van der Waals surface area contributed by atoms with Gasteiger partial charge in [-0.2, -0.15) is 13.2 Å². The summed E-state index contributed by atoms with van der Waals surface area (Å²) in [6, 6.07) is 10.1. The lowest BCUT2D eigenvalue weighted by atomic mass is 9.73. The van der Waals surface area contributed by atoms with Crippen molar-refractivity contribution in [2.75, 3.05) is 6.54 Å². The summed E-state index contributed by atoms with van der Waals surface area (Å²) in [5.41, 5.74) is 1.18. The number of hydrogen-bond acceptors (Lipinski definition) is 6. The molecule has 1 aromatic heterocycles. The predicted octanol–water partition coefficient (Wildman–Crippen LogP) is 3.76. The number of aromatic nitrogens is 1. The molecule has 0 saturated heterocycles. The molecule has 2 aromatic rings. The number of benzene rings is 1. The zero-order chi connectivity index (χ0) is 26.8. The number of nitrogens with zero attached hydrogens (tertiary/aromatic N) is 1. The average molecular weight is 522 g/mol. The van der Waals surface area contributed by atoms with E-state index in [9.17, 15) is 28.2 Å². The normalized spacial score (nSPS) is 21.6. The van der Waals surface area contributed by atoms with Crippen LogP contribution in [0.4, 0.5) is 13.2 Å². The number of nitrogens with one attached hydrogen (secondary N) is 2. The van der Waals surface area contributed by atoms with Gasteiger partial charge in [0.05, 0.1) is 24.2 Å². The first-order chi connectivity index (χ1) is 17.5. The van der Waals surface area contributed by atoms with Crippen molar-refractivity contribution < 1.29 is 32.9 Å². The highest BCUT2D eigenvalue weighted by Crippen LogP contribution is 2.49. The molecule has 1 aliphatic heterocycles. The topological polar surface area (TPSA) is 104 Å². The van der Waals surface area contributed by atoms with Crippen LogP contribution >= 0.6 is 0 Å². The third-order valence-corrected chi connectivity index (χ3v) is 7.49. The van der Waals surface area contributed by atoms with E-state index in [1.54, 1.807) is 0 Å². The summed E-state index contributed by atoms with van der Waals surface area (Å²) in [6.45, 7) is 2.46. The Morgan fingerprint density at radius 3 is 2.54 bits per heavy atom. The van der Waals surface area contributed by atoms with Crippen LogP contribution in [0.3, 0.4) is 0 Å². The Morgan fingerprint density at radius 2 is 1.95 bits per heavy atom. The van der Waals surface area contributed by atoms with Crippen molar-refractivity contribution in [1.29, 1.82) is 0 Å². The monoisotopic (exact) mass is 521 g/mol. The summed E-state index contributed by atoms with van der Waals surface area (Å²) < 4.78 is 45.8. The molecule has 0 radical (unpaired) electrons. The van der Waals surface area contributed by atoms with Crippen LogP contribution in [0.5, 0.6) is 5.88 Å². The van der Waals surface area contributed by atoms with Crippen molar-refractivity contribution >= 4 is 5.91 Å². The first kappa shape index (κ1) is 27.3. The maximum atomic E-state index is 13.2. The SMILES string of the molecule is CC(=O)N[C@@H](Cc1ccccc1)[C@@H](O)CN[C@H]1CC2(CCC2)Oc2ncc(C(O)C(C)C(F)(F)F)cc21. The van der Waals surface area contributed by atoms with Crippen LogP contribution in [-0.4, -0.2) is 51.6 Å². The van der Waals surface area contributed by atoms with Crippen molar-refractivity contribution in [2.24, 2.45) is 5.92 Å². The van der Waals surface area contributed by atoms with E-state index in [-0.39, 0.29) is 24.1 Å². The smallest absolute Gasteiger partial charge is 0.394 e. The number of hydrogen-bond donors (Lipinski definition) is 4. The van der Waals surface area contributed by atoms with Gasteiger partial charge >= 0.3 is 6.18 Å². The van der Waals surface area contributed by atoms with Gasteiger partial charge in [-0.25, -0.2) is 4.98 Å². The largest absolute Gasteiger partial charge is 0.471 e. The number of ether oxygens (including phenoxy) is 1. The Kier molecular flexibility index (Phi) is 8.11. The fourth-order valence-corrected chi connectivity index (χ4v) is 5.06. The average Bonchev–Trinajstić information content (AvgIpc) is 2.84. The maximum Gasteiger partial charge on any atom is 0.394 e. The molecule has 202 valence electrons. The van der Waals surface area contributed by atoms with Gasteiger partial charge in [0.25, 0.3) is 0 Å². The van der Waals surface area contributed by atoms with Crippen LogP contribution in [-0.2, 0) is 11.2 Å². The fourth-order valence-electron chi connectivity index (χ4n) is 5.06. The molecule has 4 N–H and O–H groups in total. The van der Waals surface area contributed by atoms with Crippen molar-refractivity contribution in [2.45, 2.75) is 82.0 Å². The molecule has 1 fully saturated rings. The third-order valence-electron chi connectivity index (χ3n) is 7.49. The lowest BCUT2D eigenvalue weighted by Crippen LogP contribution is -2.52. The van der Waals surface area contributed by atoms with Crippen molar-refractivity contribution in [1.82, 2.24) is 15.6 Å². The number of fused-ring (bicyclic) bond motifs is 1. The van der Waals surface area contributed by atoms with Crippen LogP contribution in [0.1, 0.15) is 68.4 Å². The second-order valence-electron chi connectivity index (χ2n) is 10.3. The highest BCUT2D eigenvalue weighted by molar-refractivity contribution is 5.73. The zero-order valence-corrected chi connectivity index (χ0v) is 21.0. The number of carbonyl (C=O) groups is 1. The summed E-state index contributed by atoms with van der Waals surface area (Å²) in [4.78, 5) is 16.1. The molecule has 2 aliphatic rings. The number of rotatable bonds is 9. The molecule has 37 heavy (non-hydrogen) atoms. The number of aliphatic hydroxyl groups excluding tert-OH is 2. The van der Waals surface area contributed by atoms with Crippen molar-refractivity contribution in [3.8, 4) is 5.88 Å². The van der Waals surface area contributed by atoms with E-state index in [0.717, 1.165) is 31.7 Å². The molecule has 0 bridgehead atoms. The molecule has 1 aliphatic carbocycles. The van der Waals surface area contributed by atoms with Gasteiger partial charge in [0.1, 0.15) is 5.60 Å². The van der Waals surface area contributed by atoms with Crippen LogP contribution in [0.15, 0.2) is 42.6 Å². The van der Waals surface area contributed by atoms with Crippen LogP contribution in [0.25, 0.3) is 0 Å². The molecule has 5 atom stereocenters. The van der Waals surface area contributed by atoms with Gasteiger partial charge in [-0.1, -0.05) is 37.3 Å². The summed E-state index contributed by atoms with van der Waals surface area (Å²) in [5, 5.41) is 27.6. The van der Waals surface area contributed by atoms with Gasteiger partial charge < -0.3 is 25.6 Å². The molecule has 4 rings (SSSR count). The van der Waals surface area contributed by atoms with Crippen LogP contribution in [0, 0.1) is 5.92 Å². The van der Waals surface area contributed by atoms with E-state index in [4.69, 9.17) is 4.74 Å². The molecule has 1 spiro atoms. The van der Waals surface area contributed by atoms with Gasteiger partial charge in [0.2, 0.25) is 11.8 Å². The summed E-state index contributed by atoms with van der Waals surface area (Å²) in [5.74, 6) is -1.89. The Balaban J connectivity index is 1.53. The number of carbonyl (C=O) groups excluding carboxylic acids is 1. The summed E-state index contributed by atoms with van der Waals surface area (Å²) in [7, 11) is 0. The molecule has 1 aromatic carbocycles. The lowest BCUT2D eigenvalue weighted by molar-refractivity contribution is -0.195. The van der Waals surface area contributed by atoms with E-state index in [0.29, 0.717) is 24.3 Å². The first-order valence-electron chi connectivity index (χ1n) is 12.6. The van der Waals surface area contributed by atoms with E-state index in [1.807, 2.05) is 30.3 Å². The lowest BCUT2D eigenvalue weighted by Gasteiger charge is -2.47. The van der Waals surface area contributed by atoms with Gasteiger partial charge in [0, 0.05) is 43.3 Å². The van der Waals surface area contributed by atoms with Gasteiger partial charge in [0.15, 0.2) is 0 Å². The summed E-state index contributed by atoms with van der Waals surface area (Å²) >= 11 is 0. The standard InChI is InChI=1S/C27H34F3N3O4/c1-16(27(28,29)30)24(36)19-12-20-22(13-26(9-6-10-26)37-25(20)32-14-19)31-15-23(35)21(33-17(2)34)11-18-7-4-3-5-8-18/h3-5,7-8,12,14,16,21-24,31,35-36H,6,9-11,13,15H2,1-2H3,(H,33,34)/t16?,21-,22-,23-,24?/m0/s1. The maximum absolute atomic E-state index is 13.2. The molecule has 2 unspecified atom stereocenters. The Morgan fingerprint density at radius 1 is 1.24 bits per heavy atom. The molecular formula is C27H34F3N3O4. The van der Waals surface area contributed by atoms with E-state index < -0.39 is 35.9 Å². The first-order valence-corrected chi connectivity index (χ1v) is 12.6. The second kappa shape index (κ2) is 11.0. The number of pyridine rings is 1. The third kappa shape index (κ3) is 6.42. The predicted molar refractivity (Wildman–Crippen MR) is 131 cm³/mol. The van der Waals surface area contributed by atoms with Gasteiger partial charge in [-0.15, -0.1) is 0 Å². The molecule has 7 nitrogen and oxygen atoms in total. The highest BCUT2D eigenvalue weighted by atomic mass is 19.4. The molecule has 1 saturated carbocycles.